The number of allylic oxidation sites excluding steroid dienone is 5. The average molecular weight is 1830 g/mol. The molecule has 0 radical (unpaired) electrons. The van der Waals surface area contributed by atoms with Gasteiger partial charge in [-0.3, -0.25) is 19.2 Å². The van der Waals surface area contributed by atoms with Gasteiger partial charge >= 0.3 is 5.97 Å². The van der Waals surface area contributed by atoms with Gasteiger partial charge in [0.05, 0.1) is 154 Å². The van der Waals surface area contributed by atoms with E-state index in [2.05, 4.69) is 51.3 Å². The Kier molecular flexibility index (Phi) is 43.3. The normalized spacial score (nSPS) is 27.4. The zero-order chi connectivity index (χ0) is 93.8. The zero-order valence-electron chi connectivity index (χ0n) is 78.4. The number of ketones is 2. The topological polar surface area (TPSA) is 436 Å². The monoisotopic (exact) mass is 1830 g/mol. The standard InChI is InChI=1S/C97H144N10O24/c1-63-19-13-11-14-20-64(2)82(117-8)57-76-28-23-69(7)97(116,131-76)91(113)94(114)106-33-17-16-22-78(106)95(115)129-83(66(4)53-70-25-29-79(109)84(55-70)118-9)58-80(110)65(3)52-68(6)89(112)90(119-10)87(67(5)51-63)104-128-61-75(108)21-15-12-18-35-120-37-39-122-41-43-124-45-47-126-49-50-127-48-46-125-44-42-123-40-38-121-36-32-85(111)105-34-31-72-54-71(24-26-74(72)60-105)59-107-93-86(92(98)100-62-101-93)88(103-107)73-27-30-81-77(56-73)102-96(99)130-81/h11,13-14,19-20,24,26-27,30,52,54,56,62-63,65-67,69-70,76,78-80,82-84,89-90,109-110,112,116H,12,15-18,21-23,25,28-29,31-51,53,55,57-61H2,1-10H3,(H2,99,102)(H2,98,100,101)/b14-11+,19-13+,64-20+,68-52+,104-87?/t63-,65-,66-,67-,69-,70+,76+,78+,79-,80-,82+,83+,84-,89-,90+,97-/m1/s1. The number of ether oxygens (including phenoxy) is 13. The van der Waals surface area contributed by atoms with Crippen molar-refractivity contribution in [3.8, 4) is 11.3 Å². The number of amides is 2. The molecule has 8 N–H and O–H groups in total. The smallest absolute Gasteiger partial charge is 0.329 e. The molecule has 3 aromatic heterocycles. The van der Waals surface area contributed by atoms with Gasteiger partial charge in [-0.2, -0.15) is 10.1 Å². The summed E-state index contributed by atoms with van der Waals surface area (Å²) in [7, 11) is 4.63. The van der Waals surface area contributed by atoms with Crippen LogP contribution in [-0.2, 0) is 110 Å². The molecule has 3 fully saturated rings. The van der Waals surface area contributed by atoms with Gasteiger partial charge in [-0.1, -0.05) is 101 Å². The number of aliphatic hydroxyl groups is 4. The number of oxazole rings is 1. The molecule has 4 aliphatic heterocycles. The molecule has 7 heterocycles. The molecule has 16 atom stereocenters. The Hall–Kier alpha value is -8.40. The number of Topliss-reactive ketones (excluding diaryl/α,β-unsaturated/α-hetero) is 2. The molecule has 0 unspecified atom stereocenters. The number of aromatic nitrogens is 5. The number of aliphatic hydroxyl groups excluding tert-OH is 3. The average Bonchev–Trinajstić information content (AvgIpc) is 1.73. The van der Waals surface area contributed by atoms with Crippen LogP contribution in [0.25, 0.3) is 33.4 Å². The van der Waals surface area contributed by atoms with E-state index in [1.165, 1.54) is 23.9 Å². The molecule has 10 rings (SSSR count). The number of oxime groups is 1. The lowest BCUT2D eigenvalue weighted by Crippen LogP contribution is -2.61. The predicted octanol–water partition coefficient (Wildman–Crippen LogP) is 10.2. The molecule has 5 aliphatic rings. The second kappa shape index (κ2) is 54.2. The van der Waals surface area contributed by atoms with Gasteiger partial charge < -0.3 is 113 Å². The number of methoxy groups -OCH3 is 3. The Morgan fingerprint density at radius 3 is 2.05 bits per heavy atom. The third-order valence-corrected chi connectivity index (χ3v) is 25.6. The van der Waals surface area contributed by atoms with Crippen LogP contribution in [0.2, 0.25) is 0 Å². The predicted molar refractivity (Wildman–Crippen MR) is 491 cm³/mol. The fourth-order valence-corrected chi connectivity index (χ4v) is 17.9. The number of carbonyl (C=O) groups is 5. The third kappa shape index (κ3) is 31.6. The highest BCUT2D eigenvalue weighted by Crippen LogP contribution is 2.40. The van der Waals surface area contributed by atoms with Crippen molar-refractivity contribution < 1.29 is 115 Å². The number of nitrogen functional groups attached to an aromatic ring is 2. The Balaban J connectivity index is 0.568. The van der Waals surface area contributed by atoms with E-state index in [4.69, 9.17) is 87.4 Å². The van der Waals surface area contributed by atoms with Gasteiger partial charge in [-0.25, -0.2) is 19.4 Å². The summed E-state index contributed by atoms with van der Waals surface area (Å²) in [4.78, 5) is 92.2. The fourth-order valence-electron chi connectivity index (χ4n) is 17.9. The third-order valence-electron chi connectivity index (χ3n) is 25.6. The lowest BCUT2D eigenvalue weighted by atomic mass is 9.78. The summed E-state index contributed by atoms with van der Waals surface area (Å²) in [6, 6.07) is 10.8. The minimum Gasteiger partial charge on any atom is -0.460 e. The molecule has 5 aromatic rings. The molecule has 1 aliphatic carbocycles. The number of benzene rings is 2. The first-order chi connectivity index (χ1) is 63.3. The summed E-state index contributed by atoms with van der Waals surface area (Å²) >= 11 is 0. The van der Waals surface area contributed by atoms with Gasteiger partial charge in [0.15, 0.2) is 23.6 Å². The van der Waals surface area contributed by atoms with Crippen LogP contribution in [-0.4, -0.2) is 297 Å². The van der Waals surface area contributed by atoms with E-state index in [9.17, 15) is 44.4 Å². The summed E-state index contributed by atoms with van der Waals surface area (Å²) < 4.78 is 83.0. The number of fused-ring (bicyclic) bond motifs is 6. The number of hydrogen-bond acceptors (Lipinski definition) is 31. The van der Waals surface area contributed by atoms with E-state index in [1.807, 2.05) is 66.8 Å². The van der Waals surface area contributed by atoms with Crippen molar-refractivity contribution >= 4 is 69.0 Å². The number of rotatable bonds is 42. The molecule has 34 heteroatoms. The maximum Gasteiger partial charge on any atom is 0.329 e. The van der Waals surface area contributed by atoms with Crippen LogP contribution in [0.15, 0.2) is 99.9 Å². The van der Waals surface area contributed by atoms with Crippen LogP contribution in [0, 0.1) is 35.5 Å². The molecule has 1 saturated carbocycles. The summed E-state index contributed by atoms with van der Waals surface area (Å²) in [5, 5.41) is 57.4. The first kappa shape index (κ1) is 105. The molecular weight excluding hydrogens is 1690 g/mol. The van der Waals surface area contributed by atoms with E-state index in [0.29, 0.717) is 241 Å². The lowest BCUT2D eigenvalue weighted by Gasteiger charge is -2.43. The van der Waals surface area contributed by atoms with Gasteiger partial charge in [-0.15, -0.1) is 0 Å². The highest BCUT2D eigenvalue weighted by molar-refractivity contribution is 6.39. The van der Waals surface area contributed by atoms with Crippen LogP contribution in [0.5, 0.6) is 0 Å². The highest BCUT2D eigenvalue weighted by Gasteiger charge is 2.53. The fraction of sp³-hybridized carbons (Fsp3) is 0.670. The Morgan fingerprint density at radius 1 is 0.687 bits per heavy atom. The number of esters is 1. The molecule has 34 nitrogen and oxygen atoms in total. The minimum absolute atomic E-state index is 0.0122. The number of nitrogens with zero attached hydrogens (tertiary/aromatic N) is 8. The highest BCUT2D eigenvalue weighted by atomic mass is 16.6. The molecule has 726 valence electrons. The number of carbonyl (C=O) groups excluding carboxylic acids is 5. The summed E-state index contributed by atoms with van der Waals surface area (Å²) in [5.41, 5.74) is 20.4. The molecule has 131 heavy (non-hydrogen) atoms. The lowest BCUT2D eigenvalue weighted by molar-refractivity contribution is -0.265. The van der Waals surface area contributed by atoms with Crippen LogP contribution in [0.3, 0.4) is 0 Å². The van der Waals surface area contributed by atoms with Gasteiger partial charge in [0, 0.05) is 90.2 Å². The maximum absolute atomic E-state index is 14.7. The number of hydrogen-bond donors (Lipinski definition) is 6. The molecule has 2 amide bonds. The van der Waals surface area contributed by atoms with Crippen LogP contribution < -0.4 is 11.5 Å². The van der Waals surface area contributed by atoms with E-state index in [0.717, 1.165) is 41.5 Å². The zero-order valence-corrected chi connectivity index (χ0v) is 78.4. The van der Waals surface area contributed by atoms with E-state index in [1.54, 1.807) is 47.1 Å². The Labute approximate surface area is 770 Å². The maximum atomic E-state index is 14.7. The largest absolute Gasteiger partial charge is 0.460 e. The molecular formula is C97H144N10O24. The van der Waals surface area contributed by atoms with Gasteiger partial charge in [0.2, 0.25) is 11.7 Å². The van der Waals surface area contributed by atoms with Crippen LogP contribution >= 0.6 is 0 Å². The molecule has 0 spiro atoms. The number of unbranched alkanes of at least 4 members (excludes halogenated alkanes) is 2. The summed E-state index contributed by atoms with van der Waals surface area (Å²) in [6.07, 6.45) is 15.4. The number of piperidine rings is 1. The van der Waals surface area contributed by atoms with Crippen molar-refractivity contribution in [2.45, 2.75) is 238 Å². The number of nitrogens with two attached hydrogens (primary N) is 2. The van der Waals surface area contributed by atoms with E-state index < -0.39 is 84.1 Å². The van der Waals surface area contributed by atoms with Gasteiger partial charge in [0.25, 0.3) is 17.7 Å². The van der Waals surface area contributed by atoms with Crippen molar-refractivity contribution in [1.82, 2.24) is 34.5 Å². The number of anilines is 2. The first-order valence-corrected chi connectivity index (χ1v) is 46.9. The van der Waals surface area contributed by atoms with E-state index in [-0.39, 0.29) is 86.3 Å². The SMILES string of the molecule is CO[C@H]1C[C@@H]2CC[C@@H](C)[C@@](O)(O2)C(=O)C(=O)N2CCCC[C@H]2C(=O)O[C@H]([C@H](C)C[C@@H]2CC[C@@H](O)[C@H](OC)C2)C[C@@H](O)[C@H](C)/C=C(\C)[C@@H](O)[C@@H](OC)C(=NOCC(=O)CCCCCOCCOCCOCCOCCOCCOCCOCCOCCC(=O)N2CCc3cc(Cn4nc(-c5ccc6oc(N)nc6c5)c5c(N)ncnc54)ccc3C2)[C@H](C)C[C@H](C)/C=C/C=C/C=C/1C. The molecule has 2 saturated heterocycles. The quantitative estimate of drug-likeness (QED) is 0.00695. The summed E-state index contributed by atoms with van der Waals surface area (Å²) in [5.74, 6) is -7.03. The van der Waals surface area contributed by atoms with E-state index >= 15 is 0 Å². The van der Waals surface area contributed by atoms with Crippen LogP contribution in [0.4, 0.5) is 11.8 Å². The molecule has 2 aromatic carbocycles. The van der Waals surface area contributed by atoms with Crippen molar-refractivity contribution in [2.75, 3.05) is 158 Å². The minimum atomic E-state index is -2.46. The first-order valence-electron chi connectivity index (χ1n) is 46.9. The van der Waals surface area contributed by atoms with Crippen molar-refractivity contribution in [2.24, 2.45) is 40.7 Å². The van der Waals surface area contributed by atoms with Gasteiger partial charge in [-0.05, 0) is 161 Å². The van der Waals surface area contributed by atoms with Crippen LogP contribution in [0.1, 0.15) is 174 Å². The van der Waals surface area contributed by atoms with Crippen molar-refractivity contribution in [3.05, 3.63) is 107 Å². The molecule has 2 bridgehead atoms. The van der Waals surface area contributed by atoms with Gasteiger partial charge in [0.1, 0.15) is 47.7 Å². The Morgan fingerprint density at radius 2 is 1.37 bits per heavy atom. The summed E-state index contributed by atoms with van der Waals surface area (Å²) in [6.45, 7) is 21.1. The van der Waals surface area contributed by atoms with Crippen molar-refractivity contribution in [3.63, 3.8) is 0 Å². The number of cyclic esters (lactones) is 1. The second-order valence-electron chi connectivity index (χ2n) is 35.5. The van der Waals surface area contributed by atoms with Crippen molar-refractivity contribution in [1.29, 1.82) is 0 Å². The Bertz CT molecular complexity index is 4560. The second-order valence-corrected chi connectivity index (χ2v) is 35.5.